The molecule has 7 nitrogen and oxygen atoms in total. The number of methoxy groups -OCH3 is 1. The number of aromatic nitrogens is 2. The maximum absolute atomic E-state index is 12.6. The molecule has 10 heteroatoms. The third-order valence-electron chi connectivity index (χ3n) is 4.20. The van der Waals surface area contributed by atoms with Gasteiger partial charge in [0.05, 0.1) is 7.11 Å². The topological polar surface area (TPSA) is 90.4 Å². The first-order chi connectivity index (χ1) is 14.5. The molecule has 0 aliphatic heterocycles. The molecule has 2 rings (SSSR count). The van der Waals surface area contributed by atoms with E-state index < -0.39 is 18.7 Å². The normalized spacial score (nSPS) is 11.4. The van der Waals surface area contributed by atoms with Gasteiger partial charge in [0.1, 0.15) is 5.78 Å². The van der Waals surface area contributed by atoms with Crippen LogP contribution in [0.2, 0.25) is 0 Å². The second-order valence-corrected chi connectivity index (χ2v) is 7.19. The van der Waals surface area contributed by atoms with Gasteiger partial charge in [-0.15, -0.1) is 0 Å². The third kappa shape index (κ3) is 7.54. The number of alkyl halides is 3. The molecule has 0 saturated heterocycles. The summed E-state index contributed by atoms with van der Waals surface area (Å²) < 4.78 is 46.5. The number of Topliss-reactive ketones (excluding diaryl/α,β-unsaturated/α-hetero) is 1. The van der Waals surface area contributed by atoms with Crippen molar-refractivity contribution in [3.05, 3.63) is 46.8 Å². The molecule has 0 saturated carbocycles. The zero-order valence-corrected chi connectivity index (χ0v) is 17.7. The van der Waals surface area contributed by atoms with Gasteiger partial charge in [-0.3, -0.25) is 14.6 Å². The molecule has 2 aromatic heterocycles. The van der Waals surface area contributed by atoms with Crippen LogP contribution in [0.5, 0.6) is 11.8 Å². The summed E-state index contributed by atoms with van der Waals surface area (Å²) in [5, 5.41) is 2.70. The number of ketones is 1. The Morgan fingerprint density at radius 3 is 2.48 bits per heavy atom. The highest BCUT2D eigenvalue weighted by molar-refractivity contribution is 5.94. The zero-order valence-electron chi connectivity index (χ0n) is 17.7. The van der Waals surface area contributed by atoms with Crippen LogP contribution in [0, 0.1) is 12.8 Å². The largest absolute Gasteiger partial charge is 0.481 e. The smallest absolute Gasteiger partial charge is 0.422 e. The summed E-state index contributed by atoms with van der Waals surface area (Å²) in [7, 11) is 1.31. The predicted molar refractivity (Wildman–Crippen MR) is 106 cm³/mol. The van der Waals surface area contributed by atoms with Crippen LogP contribution in [0.15, 0.2) is 24.3 Å². The van der Waals surface area contributed by atoms with Crippen LogP contribution in [0.4, 0.5) is 13.2 Å². The van der Waals surface area contributed by atoms with E-state index in [9.17, 15) is 22.8 Å². The first-order valence-electron chi connectivity index (χ1n) is 9.50. The second-order valence-electron chi connectivity index (χ2n) is 7.19. The maximum Gasteiger partial charge on any atom is 0.422 e. The minimum atomic E-state index is -4.48. The van der Waals surface area contributed by atoms with E-state index in [1.807, 2.05) is 0 Å². The summed E-state index contributed by atoms with van der Waals surface area (Å²) in [6, 6.07) is 5.89. The summed E-state index contributed by atoms with van der Waals surface area (Å²) in [5.74, 6) is -0.721. The highest BCUT2D eigenvalue weighted by atomic mass is 19.4. The van der Waals surface area contributed by atoms with Crippen molar-refractivity contribution < 1.29 is 32.2 Å². The van der Waals surface area contributed by atoms with Crippen molar-refractivity contribution in [3.63, 3.8) is 0 Å². The highest BCUT2D eigenvalue weighted by Gasteiger charge is 2.28. The van der Waals surface area contributed by atoms with Gasteiger partial charge in [0.15, 0.2) is 6.61 Å². The van der Waals surface area contributed by atoms with E-state index in [-0.39, 0.29) is 36.4 Å². The number of carbonyl (C=O) groups is 2. The fourth-order valence-corrected chi connectivity index (χ4v) is 2.62. The van der Waals surface area contributed by atoms with Crippen LogP contribution in [-0.2, 0) is 17.8 Å². The summed E-state index contributed by atoms with van der Waals surface area (Å²) in [6.07, 6.45) is -4.35. The predicted octanol–water partition coefficient (Wildman–Crippen LogP) is 3.43. The number of aryl methyl sites for hydroxylation is 1. The Balaban J connectivity index is 2.08. The average Bonchev–Trinajstić information content (AvgIpc) is 2.69. The molecular weight excluding hydrogens is 415 g/mol. The SMILES string of the molecule is COc1nc(OCC(F)(F)F)ccc1CNC(=O)c1cc(C)nc(CC(=O)C(C)C)c1. The molecule has 31 heavy (non-hydrogen) atoms. The van der Waals surface area contributed by atoms with E-state index in [2.05, 4.69) is 20.0 Å². The molecular formula is C21H24F3N3O4. The quantitative estimate of drug-likeness (QED) is 0.644. The van der Waals surface area contributed by atoms with E-state index in [0.29, 0.717) is 22.5 Å². The number of nitrogens with zero attached hydrogens (tertiary/aromatic N) is 2. The van der Waals surface area contributed by atoms with Gasteiger partial charge in [0.25, 0.3) is 5.91 Å². The summed E-state index contributed by atoms with van der Waals surface area (Å²) in [4.78, 5) is 32.8. The van der Waals surface area contributed by atoms with Gasteiger partial charge in [-0.1, -0.05) is 13.8 Å². The van der Waals surface area contributed by atoms with Crippen molar-refractivity contribution in [1.29, 1.82) is 0 Å². The third-order valence-corrected chi connectivity index (χ3v) is 4.20. The highest BCUT2D eigenvalue weighted by Crippen LogP contribution is 2.22. The van der Waals surface area contributed by atoms with Crippen molar-refractivity contribution in [2.45, 2.75) is 39.9 Å². The Hall–Kier alpha value is -3.17. The monoisotopic (exact) mass is 439 g/mol. The van der Waals surface area contributed by atoms with Crippen LogP contribution in [0.1, 0.15) is 41.2 Å². The Morgan fingerprint density at radius 2 is 1.87 bits per heavy atom. The molecule has 0 radical (unpaired) electrons. The number of ether oxygens (including phenoxy) is 2. The van der Waals surface area contributed by atoms with E-state index in [4.69, 9.17) is 4.74 Å². The van der Waals surface area contributed by atoms with Gasteiger partial charge < -0.3 is 14.8 Å². The van der Waals surface area contributed by atoms with Crippen molar-refractivity contribution in [2.24, 2.45) is 5.92 Å². The summed E-state index contributed by atoms with van der Waals surface area (Å²) in [5.41, 5.74) is 1.91. The first kappa shape index (κ1) is 24.1. The average molecular weight is 439 g/mol. The van der Waals surface area contributed by atoms with E-state index >= 15 is 0 Å². The molecule has 0 unspecified atom stereocenters. The number of nitrogens with one attached hydrogen (secondary N) is 1. The Morgan fingerprint density at radius 1 is 1.16 bits per heavy atom. The number of rotatable bonds is 9. The lowest BCUT2D eigenvalue weighted by molar-refractivity contribution is -0.154. The Labute approximate surface area is 178 Å². The minimum Gasteiger partial charge on any atom is -0.481 e. The Kier molecular flexibility index (Phi) is 7.95. The number of halogens is 3. The molecule has 168 valence electrons. The van der Waals surface area contributed by atoms with Crippen LogP contribution in [-0.4, -0.2) is 41.6 Å². The second kappa shape index (κ2) is 10.2. The van der Waals surface area contributed by atoms with Crippen LogP contribution in [0.25, 0.3) is 0 Å². The van der Waals surface area contributed by atoms with Crippen molar-refractivity contribution in [2.75, 3.05) is 13.7 Å². The van der Waals surface area contributed by atoms with Gasteiger partial charge in [0, 0.05) is 47.5 Å². The molecule has 1 N–H and O–H groups in total. The van der Waals surface area contributed by atoms with Gasteiger partial charge in [-0.05, 0) is 25.1 Å². The molecule has 1 amide bonds. The molecule has 0 fully saturated rings. The van der Waals surface area contributed by atoms with Crippen LogP contribution >= 0.6 is 0 Å². The molecule has 0 aliphatic carbocycles. The van der Waals surface area contributed by atoms with Gasteiger partial charge in [-0.25, -0.2) is 0 Å². The van der Waals surface area contributed by atoms with Crippen molar-refractivity contribution in [3.8, 4) is 11.8 Å². The lowest BCUT2D eigenvalue weighted by atomic mass is 10.0. The fourth-order valence-electron chi connectivity index (χ4n) is 2.62. The molecule has 0 aromatic carbocycles. The van der Waals surface area contributed by atoms with Gasteiger partial charge in [0.2, 0.25) is 11.8 Å². The Bertz CT molecular complexity index is 946. The summed E-state index contributed by atoms with van der Waals surface area (Å²) >= 11 is 0. The maximum atomic E-state index is 12.6. The van der Waals surface area contributed by atoms with E-state index in [1.54, 1.807) is 32.9 Å². The first-order valence-corrected chi connectivity index (χ1v) is 9.50. The number of carbonyl (C=O) groups excluding carboxylic acids is 2. The lowest BCUT2D eigenvalue weighted by Crippen LogP contribution is -2.24. The number of hydrogen-bond acceptors (Lipinski definition) is 6. The minimum absolute atomic E-state index is 0.0214. The van der Waals surface area contributed by atoms with E-state index in [1.165, 1.54) is 19.2 Å². The number of pyridine rings is 2. The fraction of sp³-hybridized carbons (Fsp3) is 0.429. The van der Waals surface area contributed by atoms with Crippen molar-refractivity contribution in [1.82, 2.24) is 15.3 Å². The molecule has 0 atom stereocenters. The molecule has 0 aliphatic rings. The van der Waals surface area contributed by atoms with Crippen LogP contribution in [0.3, 0.4) is 0 Å². The molecule has 2 aromatic rings. The van der Waals surface area contributed by atoms with Gasteiger partial charge in [-0.2, -0.15) is 18.2 Å². The van der Waals surface area contributed by atoms with Gasteiger partial charge >= 0.3 is 6.18 Å². The molecule has 0 bridgehead atoms. The number of amides is 1. The lowest BCUT2D eigenvalue weighted by Gasteiger charge is -2.13. The van der Waals surface area contributed by atoms with Crippen molar-refractivity contribution >= 4 is 11.7 Å². The zero-order chi connectivity index (χ0) is 23.2. The number of hydrogen-bond donors (Lipinski definition) is 1. The molecule has 0 spiro atoms. The standard InChI is InChI=1S/C21H24F3N3O4/c1-12(2)17(28)9-16-8-15(7-13(3)26-16)19(29)25-10-14-5-6-18(27-20(14)30-4)31-11-21(22,23)24/h5-8,12H,9-11H2,1-4H3,(H,25,29). The summed E-state index contributed by atoms with van der Waals surface area (Å²) in [6.45, 7) is 3.88. The van der Waals surface area contributed by atoms with Crippen LogP contribution < -0.4 is 14.8 Å². The van der Waals surface area contributed by atoms with E-state index in [0.717, 1.165) is 0 Å². The molecule has 2 heterocycles.